The molecule has 164 valence electrons. The molecule has 32 heavy (non-hydrogen) atoms. The second kappa shape index (κ2) is 7.33. The van der Waals surface area contributed by atoms with Crippen LogP contribution in [0.25, 0.3) is 0 Å². The van der Waals surface area contributed by atoms with E-state index in [1.807, 2.05) is 65.6 Å². The zero-order valence-corrected chi connectivity index (χ0v) is 18.1. The number of para-hydroxylation sites is 1. The van der Waals surface area contributed by atoms with Crippen molar-refractivity contribution >= 4 is 23.5 Å². The number of methoxy groups -OCH3 is 2. The number of nitrogens with zero attached hydrogens (tertiary/aromatic N) is 1. The van der Waals surface area contributed by atoms with Crippen LogP contribution in [0.1, 0.15) is 36.3 Å². The van der Waals surface area contributed by atoms with Crippen LogP contribution in [0, 0.1) is 11.3 Å². The monoisotopic (exact) mass is 431 g/mol. The number of piperidine rings is 1. The van der Waals surface area contributed by atoms with E-state index in [4.69, 9.17) is 9.47 Å². The van der Waals surface area contributed by atoms with Gasteiger partial charge in [0.2, 0.25) is 5.91 Å². The van der Waals surface area contributed by atoms with Crippen molar-refractivity contribution in [3.8, 4) is 0 Å². The second-order valence-electron chi connectivity index (χ2n) is 8.64. The molecule has 3 aliphatic rings. The van der Waals surface area contributed by atoms with Gasteiger partial charge >= 0.3 is 11.9 Å². The summed E-state index contributed by atoms with van der Waals surface area (Å²) < 4.78 is 10.5. The van der Waals surface area contributed by atoms with E-state index in [0.29, 0.717) is 12.8 Å². The first-order valence-corrected chi connectivity index (χ1v) is 10.8. The van der Waals surface area contributed by atoms with E-state index in [9.17, 15) is 14.4 Å². The Morgan fingerprint density at radius 2 is 1.62 bits per heavy atom. The minimum Gasteiger partial charge on any atom is -0.468 e. The number of anilines is 1. The standard InChI is InChI=1S/C26H25NO5/c1-31-23(29)25(24(30)32-2)16-8-11-18-14-15-21(28)27-20-13-7-6-12-19(20)22(25)26(18,27)17-9-4-3-5-10-17/h3-13,18,22H,14-16H2,1-2H3/t18-,22-,26+/m0/s1. The maximum absolute atomic E-state index is 13.5. The van der Waals surface area contributed by atoms with Crippen LogP contribution in [-0.4, -0.2) is 32.1 Å². The summed E-state index contributed by atoms with van der Waals surface area (Å²) in [6.07, 6.45) is 5.12. The largest absolute Gasteiger partial charge is 0.468 e. The van der Waals surface area contributed by atoms with E-state index in [1.165, 1.54) is 14.2 Å². The van der Waals surface area contributed by atoms with Crippen molar-refractivity contribution in [1.29, 1.82) is 0 Å². The summed E-state index contributed by atoms with van der Waals surface area (Å²) in [4.78, 5) is 42.4. The van der Waals surface area contributed by atoms with Crippen molar-refractivity contribution in [2.45, 2.75) is 30.7 Å². The number of carbonyl (C=O) groups is 3. The van der Waals surface area contributed by atoms with E-state index in [0.717, 1.165) is 16.8 Å². The molecule has 0 spiro atoms. The maximum atomic E-state index is 13.5. The Labute approximate surface area is 186 Å². The van der Waals surface area contributed by atoms with Gasteiger partial charge in [-0.2, -0.15) is 0 Å². The number of allylic oxidation sites excluding steroid dienone is 1. The molecule has 1 aliphatic carbocycles. The summed E-state index contributed by atoms with van der Waals surface area (Å²) in [7, 11) is 2.58. The lowest BCUT2D eigenvalue weighted by molar-refractivity contribution is -0.173. The summed E-state index contributed by atoms with van der Waals surface area (Å²) in [6, 6.07) is 17.3. The van der Waals surface area contributed by atoms with Crippen LogP contribution in [0.15, 0.2) is 66.7 Å². The number of rotatable bonds is 3. The average Bonchev–Trinajstić information content (AvgIpc) is 3.06. The number of carbonyl (C=O) groups excluding carboxylic acids is 3. The molecule has 2 aliphatic heterocycles. The lowest BCUT2D eigenvalue weighted by Gasteiger charge is -2.52. The highest BCUT2D eigenvalue weighted by molar-refractivity contribution is 6.06. The van der Waals surface area contributed by atoms with Gasteiger partial charge in [-0.25, -0.2) is 0 Å². The smallest absolute Gasteiger partial charge is 0.324 e. The Balaban J connectivity index is 1.94. The minimum atomic E-state index is -1.63. The number of hydrogen-bond acceptors (Lipinski definition) is 5. The van der Waals surface area contributed by atoms with Crippen molar-refractivity contribution < 1.29 is 23.9 Å². The highest BCUT2D eigenvalue weighted by atomic mass is 16.5. The van der Waals surface area contributed by atoms with E-state index >= 15 is 0 Å². The van der Waals surface area contributed by atoms with Gasteiger partial charge in [0.15, 0.2) is 5.41 Å². The first-order chi connectivity index (χ1) is 15.5. The number of hydrogen-bond donors (Lipinski definition) is 0. The first kappa shape index (κ1) is 20.5. The summed E-state index contributed by atoms with van der Waals surface area (Å²) in [5, 5.41) is 0. The van der Waals surface area contributed by atoms with Crippen LogP contribution >= 0.6 is 0 Å². The third-order valence-corrected chi connectivity index (χ3v) is 7.42. The van der Waals surface area contributed by atoms with E-state index in [-0.39, 0.29) is 18.2 Å². The fourth-order valence-electron chi connectivity index (χ4n) is 6.32. The van der Waals surface area contributed by atoms with Gasteiger partial charge in [0, 0.05) is 23.9 Å². The summed E-state index contributed by atoms with van der Waals surface area (Å²) in [5.41, 5.74) is -0.162. The quantitative estimate of drug-likeness (QED) is 0.421. The van der Waals surface area contributed by atoms with Crippen LogP contribution in [-0.2, 0) is 29.4 Å². The molecule has 1 fully saturated rings. The molecule has 0 saturated carbocycles. The highest BCUT2D eigenvalue weighted by Gasteiger charge is 2.71. The van der Waals surface area contributed by atoms with E-state index in [1.54, 1.807) is 0 Å². The Hall–Kier alpha value is -3.41. The highest BCUT2D eigenvalue weighted by Crippen LogP contribution is 2.67. The van der Waals surface area contributed by atoms with Gasteiger partial charge in [-0.3, -0.25) is 14.4 Å². The molecule has 0 aromatic heterocycles. The molecule has 1 saturated heterocycles. The van der Waals surface area contributed by atoms with Gasteiger partial charge in [-0.15, -0.1) is 0 Å². The summed E-state index contributed by atoms with van der Waals surface area (Å²) >= 11 is 0. The molecule has 0 radical (unpaired) electrons. The zero-order chi connectivity index (χ0) is 22.5. The summed E-state index contributed by atoms with van der Waals surface area (Å²) in [5.74, 6) is -2.07. The molecule has 0 N–H and O–H groups in total. The molecule has 0 unspecified atom stereocenters. The van der Waals surface area contributed by atoms with Crippen LogP contribution in [0.4, 0.5) is 5.69 Å². The Bertz CT molecular complexity index is 1110. The van der Waals surface area contributed by atoms with Gasteiger partial charge in [0.1, 0.15) is 0 Å². The van der Waals surface area contributed by atoms with Crippen LogP contribution in [0.3, 0.4) is 0 Å². The third-order valence-electron chi connectivity index (χ3n) is 7.42. The van der Waals surface area contributed by atoms with E-state index < -0.39 is 28.8 Å². The molecule has 2 aromatic carbocycles. The molecular formula is C26H25NO5. The molecule has 6 heteroatoms. The Morgan fingerprint density at radius 1 is 0.969 bits per heavy atom. The molecule has 5 rings (SSSR count). The van der Waals surface area contributed by atoms with Crippen molar-refractivity contribution in [3.63, 3.8) is 0 Å². The Morgan fingerprint density at radius 3 is 2.31 bits per heavy atom. The molecule has 1 amide bonds. The molecule has 6 nitrogen and oxygen atoms in total. The summed E-state index contributed by atoms with van der Waals surface area (Å²) in [6.45, 7) is 0. The van der Waals surface area contributed by atoms with Gasteiger partial charge < -0.3 is 14.4 Å². The van der Waals surface area contributed by atoms with Crippen LogP contribution in [0.5, 0.6) is 0 Å². The first-order valence-electron chi connectivity index (χ1n) is 10.8. The van der Waals surface area contributed by atoms with Gasteiger partial charge in [-0.05, 0) is 30.0 Å². The maximum Gasteiger partial charge on any atom is 0.324 e. The number of ether oxygens (including phenoxy) is 2. The fraction of sp³-hybridized carbons (Fsp3) is 0.346. The molecule has 0 bridgehead atoms. The number of fused-ring (bicyclic) bond motifs is 3. The number of amides is 1. The average molecular weight is 431 g/mol. The van der Waals surface area contributed by atoms with Gasteiger partial charge in [0.25, 0.3) is 0 Å². The van der Waals surface area contributed by atoms with Gasteiger partial charge in [-0.1, -0.05) is 60.7 Å². The Kier molecular flexibility index (Phi) is 4.69. The predicted octanol–water partition coefficient (Wildman–Crippen LogP) is 3.71. The SMILES string of the molecule is COC(=O)C1(C(=O)OC)CC=C[C@H]2CCC(=O)N3c4ccccc4[C@@H]1[C@@]23c1ccccc1. The molecule has 2 aromatic rings. The number of esters is 2. The fourth-order valence-corrected chi connectivity index (χ4v) is 6.32. The lowest BCUT2D eigenvalue weighted by Crippen LogP contribution is -2.61. The molecule has 3 atom stereocenters. The zero-order valence-electron chi connectivity index (χ0n) is 18.1. The molecular weight excluding hydrogens is 406 g/mol. The lowest BCUT2D eigenvalue weighted by atomic mass is 9.57. The number of benzene rings is 2. The topological polar surface area (TPSA) is 72.9 Å². The normalized spacial score (nSPS) is 27.2. The van der Waals surface area contributed by atoms with E-state index in [2.05, 4.69) is 6.08 Å². The van der Waals surface area contributed by atoms with Crippen molar-refractivity contribution in [3.05, 3.63) is 77.9 Å². The second-order valence-corrected chi connectivity index (χ2v) is 8.64. The van der Waals surface area contributed by atoms with Crippen LogP contribution < -0.4 is 4.90 Å². The van der Waals surface area contributed by atoms with Crippen LogP contribution in [0.2, 0.25) is 0 Å². The third kappa shape index (κ3) is 2.38. The molecule has 2 heterocycles. The van der Waals surface area contributed by atoms with Crippen molar-refractivity contribution in [2.24, 2.45) is 11.3 Å². The van der Waals surface area contributed by atoms with Crippen molar-refractivity contribution in [1.82, 2.24) is 0 Å². The van der Waals surface area contributed by atoms with Gasteiger partial charge in [0.05, 0.1) is 19.8 Å². The predicted molar refractivity (Wildman–Crippen MR) is 118 cm³/mol. The van der Waals surface area contributed by atoms with Crippen molar-refractivity contribution in [2.75, 3.05) is 19.1 Å². The minimum absolute atomic E-state index is 0.0148.